The fraction of sp³-hybridized carbons (Fsp3) is 0.421. The lowest BCUT2D eigenvalue weighted by atomic mass is 9.90. The number of carbonyl (C=O) groups excluding carboxylic acids is 3. The van der Waals surface area contributed by atoms with Crippen LogP contribution in [0.15, 0.2) is 43.0 Å². The first kappa shape index (κ1) is 19.7. The molecule has 1 fully saturated rings. The fourth-order valence-electron chi connectivity index (χ4n) is 3.18. The number of hydrogen-bond donors (Lipinski definition) is 1. The van der Waals surface area contributed by atoms with Crippen molar-refractivity contribution in [2.75, 3.05) is 26.7 Å². The van der Waals surface area contributed by atoms with Crippen LogP contribution in [0.5, 0.6) is 0 Å². The Morgan fingerprint density at radius 1 is 1.31 bits per heavy atom. The molecule has 1 atom stereocenters. The van der Waals surface area contributed by atoms with Crippen LogP contribution in [0.3, 0.4) is 0 Å². The summed E-state index contributed by atoms with van der Waals surface area (Å²) in [7, 11) is 1.25. The molecule has 1 amide bonds. The van der Waals surface area contributed by atoms with Gasteiger partial charge in [0.2, 0.25) is 0 Å². The molecule has 1 saturated heterocycles. The zero-order chi connectivity index (χ0) is 19.0. The summed E-state index contributed by atoms with van der Waals surface area (Å²) in [5, 5.41) is 2.43. The van der Waals surface area contributed by atoms with E-state index in [-0.39, 0.29) is 13.2 Å². The van der Waals surface area contributed by atoms with Gasteiger partial charge in [-0.15, -0.1) is 6.58 Å². The van der Waals surface area contributed by atoms with E-state index in [9.17, 15) is 14.4 Å². The van der Waals surface area contributed by atoms with Gasteiger partial charge in [-0.2, -0.15) is 0 Å². The second kappa shape index (κ2) is 9.15. The number of ketones is 1. The number of rotatable bonds is 8. The molecular formula is C19H24N2O5. The Morgan fingerprint density at radius 3 is 2.69 bits per heavy atom. The van der Waals surface area contributed by atoms with E-state index < -0.39 is 23.4 Å². The van der Waals surface area contributed by atoms with Gasteiger partial charge in [-0.1, -0.05) is 36.4 Å². The Bertz CT molecular complexity index is 661. The maximum absolute atomic E-state index is 12.8. The number of alkyl carbamates (subject to hydrolysis) is 1. The molecule has 7 nitrogen and oxygen atoms in total. The highest BCUT2D eigenvalue weighted by Crippen LogP contribution is 2.31. The Morgan fingerprint density at radius 2 is 2.04 bits per heavy atom. The highest BCUT2D eigenvalue weighted by Gasteiger charge is 2.53. The molecule has 1 aromatic rings. The van der Waals surface area contributed by atoms with Crippen molar-refractivity contribution in [1.29, 1.82) is 0 Å². The van der Waals surface area contributed by atoms with Gasteiger partial charge in [-0.25, -0.2) is 9.59 Å². The summed E-state index contributed by atoms with van der Waals surface area (Å²) >= 11 is 0. The third-order valence-electron chi connectivity index (χ3n) is 4.45. The molecule has 7 heteroatoms. The van der Waals surface area contributed by atoms with E-state index >= 15 is 0 Å². The summed E-state index contributed by atoms with van der Waals surface area (Å²) in [4.78, 5) is 38.7. The first-order valence-electron chi connectivity index (χ1n) is 8.47. The summed E-state index contributed by atoms with van der Waals surface area (Å²) < 4.78 is 9.95. The number of carbonyl (C=O) groups is 3. The highest BCUT2D eigenvalue weighted by atomic mass is 16.5. The topological polar surface area (TPSA) is 84.9 Å². The first-order valence-corrected chi connectivity index (χ1v) is 8.47. The van der Waals surface area contributed by atoms with E-state index in [1.807, 2.05) is 30.3 Å². The third kappa shape index (κ3) is 4.29. The molecule has 26 heavy (non-hydrogen) atoms. The van der Waals surface area contributed by atoms with Crippen molar-refractivity contribution in [2.45, 2.75) is 25.0 Å². The molecule has 1 aliphatic rings. The van der Waals surface area contributed by atoms with Gasteiger partial charge in [0.05, 0.1) is 13.7 Å². The lowest BCUT2D eigenvalue weighted by molar-refractivity contribution is -0.158. The van der Waals surface area contributed by atoms with Gasteiger partial charge >= 0.3 is 12.1 Å². The number of benzene rings is 1. The molecule has 140 valence electrons. The summed E-state index contributed by atoms with van der Waals surface area (Å²) in [6.45, 7) is 4.44. The van der Waals surface area contributed by atoms with Crippen LogP contribution in [0.1, 0.15) is 18.4 Å². The summed E-state index contributed by atoms with van der Waals surface area (Å²) in [5.74, 6) is -1.03. The van der Waals surface area contributed by atoms with Crippen LogP contribution < -0.4 is 5.32 Å². The molecule has 1 N–H and O–H groups in total. The second-order valence-electron chi connectivity index (χ2n) is 6.03. The molecule has 1 aliphatic heterocycles. The van der Waals surface area contributed by atoms with E-state index in [0.717, 1.165) is 5.56 Å². The van der Waals surface area contributed by atoms with Gasteiger partial charge in [0, 0.05) is 13.1 Å². The van der Waals surface area contributed by atoms with Crippen molar-refractivity contribution in [3.63, 3.8) is 0 Å². The molecule has 0 radical (unpaired) electrons. The van der Waals surface area contributed by atoms with Crippen LogP contribution in [-0.2, 0) is 25.7 Å². The summed E-state index contributed by atoms with van der Waals surface area (Å²) in [5.41, 5.74) is -0.539. The Kier molecular flexibility index (Phi) is 6.91. The minimum absolute atomic E-state index is 0.103. The number of methoxy groups -OCH3 is 1. The second-order valence-corrected chi connectivity index (χ2v) is 6.03. The van der Waals surface area contributed by atoms with E-state index in [2.05, 4.69) is 11.9 Å². The highest BCUT2D eigenvalue weighted by molar-refractivity contribution is 6.10. The fourth-order valence-corrected chi connectivity index (χ4v) is 3.18. The maximum Gasteiger partial charge on any atom is 0.407 e. The van der Waals surface area contributed by atoms with E-state index in [4.69, 9.17) is 9.47 Å². The van der Waals surface area contributed by atoms with Crippen LogP contribution in [0.25, 0.3) is 0 Å². The van der Waals surface area contributed by atoms with Gasteiger partial charge in [-0.05, 0) is 18.4 Å². The van der Waals surface area contributed by atoms with Crippen LogP contribution in [0.4, 0.5) is 4.79 Å². The number of amides is 1. The molecule has 0 unspecified atom stereocenters. The van der Waals surface area contributed by atoms with E-state index in [1.165, 1.54) is 7.11 Å². The van der Waals surface area contributed by atoms with Gasteiger partial charge in [0.1, 0.15) is 6.61 Å². The molecule has 1 heterocycles. The standard InChI is InChI=1S/C19H24N2O5/c1-3-11-21-12-7-10-19(21,17(23)25-2)16(22)13-20-18(24)26-14-15-8-5-4-6-9-15/h3-6,8-9H,1,7,10-14H2,2H3,(H,20,24)/t19-/m1/s1. The van der Waals surface area contributed by atoms with Crippen LogP contribution in [-0.4, -0.2) is 55.0 Å². The van der Waals surface area contributed by atoms with Gasteiger partial charge in [0.25, 0.3) is 0 Å². The first-order chi connectivity index (χ1) is 12.5. The molecule has 0 spiro atoms. The molecule has 0 bridgehead atoms. The smallest absolute Gasteiger partial charge is 0.407 e. The normalized spacial score (nSPS) is 19.6. The minimum Gasteiger partial charge on any atom is -0.467 e. The Hall–Kier alpha value is -2.67. The number of hydrogen-bond acceptors (Lipinski definition) is 6. The summed E-state index contributed by atoms with van der Waals surface area (Å²) in [6, 6.07) is 9.21. The van der Waals surface area contributed by atoms with Crippen molar-refractivity contribution in [3.05, 3.63) is 48.6 Å². The average molecular weight is 360 g/mol. The monoisotopic (exact) mass is 360 g/mol. The average Bonchev–Trinajstić information content (AvgIpc) is 3.09. The Labute approximate surface area is 153 Å². The van der Waals surface area contributed by atoms with Gasteiger partial charge < -0.3 is 14.8 Å². The van der Waals surface area contributed by atoms with E-state index in [0.29, 0.717) is 25.9 Å². The lowest BCUT2D eigenvalue weighted by Gasteiger charge is -2.33. The van der Waals surface area contributed by atoms with Crippen molar-refractivity contribution in [2.24, 2.45) is 0 Å². The number of nitrogens with one attached hydrogen (secondary N) is 1. The molecule has 0 saturated carbocycles. The van der Waals surface area contributed by atoms with Crippen molar-refractivity contribution in [3.8, 4) is 0 Å². The SMILES string of the molecule is C=CCN1CCC[C@@]1(C(=O)CNC(=O)OCc1ccccc1)C(=O)OC. The molecule has 1 aromatic carbocycles. The molecule has 0 aromatic heterocycles. The van der Waals surface area contributed by atoms with Crippen LogP contribution >= 0.6 is 0 Å². The van der Waals surface area contributed by atoms with Crippen LogP contribution in [0.2, 0.25) is 0 Å². The van der Waals surface area contributed by atoms with Crippen molar-refractivity contribution < 1.29 is 23.9 Å². The molecule has 2 rings (SSSR count). The minimum atomic E-state index is -1.38. The van der Waals surface area contributed by atoms with E-state index in [1.54, 1.807) is 11.0 Å². The Balaban J connectivity index is 1.95. The predicted octanol–water partition coefficient (Wildman–Crippen LogP) is 1.68. The number of likely N-dealkylation sites (tertiary alicyclic amines) is 1. The number of Topliss-reactive ketones (excluding diaryl/α,β-unsaturated/α-hetero) is 1. The van der Waals surface area contributed by atoms with Gasteiger partial charge in [0.15, 0.2) is 11.3 Å². The third-order valence-corrected chi connectivity index (χ3v) is 4.45. The van der Waals surface area contributed by atoms with Crippen LogP contribution in [0, 0.1) is 0 Å². The predicted molar refractivity (Wildman–Crippen MR) is 95.4 cm³/mol. The number of nitrogens with zero attached hydrogens (tertiary/aromatic N) is 1. The lowest BCUT2D eigenvalue weighted by Crippen LogP contribution is -2.59. The number of esters is 1. The van der Waals surface area contributed by atoms with Gasteiger partial charge in [-0.3, -0.25) is 9.69 Å². The quantitative estimate of drug-likeness (QED) is 0.431. The van der Waals surface area contributed by atoms with Crippen molar-refractivity contribution >= 4 is 17.8 Å². The molecule has 0 aliphatic carbocycles. The van der Waals surface area contributed by atoms with Crippen molar-refractivity contribution in [1.82, 2.24) is 10.2 Å². The number of ether oxygens (including phenoxy) is 2. The largest absolute Gasteiger partial charge is 0.467 e. The maximum atomic E-state index is 12.8. The zero-order valence-corrected chi connectivity index (χ0v) is 14.9. The molecular weight excluding hydrogens is 336 g/mol. The zero-order valence-electron chi connectivity index (χ0n) is 14.9. The summed E-state index contributed by atoms with van der Waals surface area (Å²) in [6.07, 6.45) is 1.97.